The summed E-state index contributed by atoms with van der Waals surface area (Å²) in [6.45, 7) is -0.0299. The van der Waals surface area contributed by atoms with E-state index in [4.69, 9.17) is 9.52 Å². The van der Waals surface area contributed by atoms with Crippen LogP contribution < -0.4 is 0 Å². The molecule has 56 valence electrons. The lowest BCUT2D eigenvalue weighted by atomic mass is 10.2. The van der Waals surface area contributed by atoms with Crippen molar-refractivity contribution in [2.24, 2.45) is 0 Å². The zero-order valence-electron chi connectivity index (χ0n) is 5.82. The van der Waals surface area contributed by atoms with Crippen molar-refractivity contribution in [3.05, 3.63) is 30.3 Å². The van der Waals surface area contributed by atoms with Crippen LogP contribution in [-0.4, -0.2) is 10.1 Å². The highest BCUT2D eigenvalue weighted by atomic mass is 16.3. The van der Waals surface area contributed by atoms with Gasteiger partial charge in [-0.1, -0.05) is 0 Å². The maximum Gasteiger partial charge on any atom is 0.142 e. The average molecular weight is 149 g/mol. The number of aliphatic hydroxyl groups excluding tert-OH is 1. The molecule has 3 nitrogen and oxygen atoms in total. The maximum absolute atomic E-state index is 8.85. The Morgan fingerprint density at radius 2 is 2.36 bits per heavy atom. The molecule has 0 aromatic carbocycles. The number of fused-ring (bicyclic) bond motifs is 1. The van der Waals surface area contributed by atoms with Crippen LogP contribution in [0.4, 0.5) is 0 Å². The molecule has 3 heteroatoms. The summed E-state index contributed by atoms with van der Waals surface area (Å²) in [5.74, 6) is 0. The summed E-state index contributed by atoms with van der Waals surface area (Å²) in [6.07, 6.45) is 4.90. The second-order valence-corrected chi connectivity index (χ2v) is 2.30. The number of aliphatic hydroxyl groups is 1. The van der Waals surface area contributed by atoms with E-state index in [0.29, 0.717) is 0 Å². The highest BCUT2D eigenvalue weighted by Gasteiger charge is 2.01. The predicted octanol–water partition coefficient (Wildman–Crippen LogP) is 1.32. The molecule has 0 radical (unpaired) electrons. The predicted molar refractivity (Wildman–Crippen MR) is 39.9 cm³/mol. The van der Waals surface area contributed by atoms with Crippen LogP contribution in [0.5, 0.6) is 0 Å². The van der Waals surface area contributed by atoms with Crippen LogP contribution in [0.3, 0.4) is 0 Å². The number of furan rings is 1. The third kappa shape index (κ3) is 0.897. The number of rotatable bonds is 1. The molecule has 0 fully saturated rings. The van der Waals surface area contributed by atoms with E-state index in [1.807, 2.05) is 6.07 Å². The summed E-state index contributed by atoms with van der Waals surface area (Å²) >= 11 is 0. The Morgan fingerprint density at radius 1 is 1.45 bits per heavy atom. The van der Waals surface area contributed by atoms with Gasteiger partial charge in [0.05, 0.1) is 12.9 Å². The highest BCUT2D eigenvalue weighted by molar-refractivity contribution is 5.78. The molecular formula is C8H7NO2. The molecule has 0 amide bonds. The molecule has 0 atom stereocenters. The van der Waals surface area contributed by atoms with E-state index in [-0.39, 0.29) is 6.61 Å². The normalized spacial score (nSPS) is 10.6. The Hall–Kier alpha value is -1.35. The van der Waals surface area contributed by atoms with E-state index in [1.54, 1.807) is 18.7 Å². The summed E-state index contributed by atoms with van der Waals surface area (Å²) in [7, 11) is 0. The van der Waals surface area contributed by atoms with Gasteiger partial charge in [-0.2, -0.15) is 0 Å². The molecule has 2 heterocycles. The Balaban J connectivity index is 2.79. The molecule has 2 rings (SSSR count). The zero-order chi connectivity index (χ0) is 7.68. The lowest BCUT2D eigenvalue weighted by Crippen LogP contribution is -1.84. The van der Waals surface area contributed by atoms with Gasteiger partial charge in [-0.3, -0.25) is 4.98 Å². The van der Waals surface area contributed by atoms with E-state index >= 15 is 0 Å². The standard InChI is InChI=1S/C8H7NO2/c10-5-7-4-9-3-6-1-2-11-8(6)7/h1-4,10H,5H2. The van der Waals surface area contributed by atoms with Crippen LogP contribution in [-0.2, 0) is 6.61 Å². The van der Waals surface area contributed by atoms with Crippen molar-refractivity contribution >= 4 is 11.0 Å². The molecule has 1 N–H and O–H groups in total. The number of nitrogens with zero attached hydrogens (tertiary/aromatic N) is 1. The van der Waals surface area contributed by atoms with E-state index in [0.717, 1.165) is 16.5 Å². The van der Waals surface area contributed by atoms with E-state index in [2.05, 4.69) is 4.98 Å². The second kappa shape index (κ2) is 2.36. The molecule has 0 aliphatic heterocycles. The van der Waals surface area contributed by atoms with Crippen LogP contribution in [0, 0.1) is 0 Å². The Bertz CT molecular complexity index is 367. The van der Waals surface area contributed by atoms with Crippen molar-refractivity contribution < 1.29 is 9.52 Å². The number of hydrogen-bond acceptors (Lipinski definition) is 3. The molecule has 11 heavy (non-hydrogen) atoms. The van der Waals surface area contributed by atoms with Gasteiger partial charge in [0.1, 0.15) is 5.58 Å². The number of pyridine rings is 1. The first-order valence-corrected chi connectivity index (χ1v) is 3.33. The lowest BCUT2D eigenvalue weighted by Gasteiger charge is -1.94. The van der Waals surface area contributed by atoms with Gasteiger partial charge >= 0.3 is 0 Å². The average Bonchev–Trinajstić information content (AvgIpc) is 2.50. The van der Waals surface area contributed by atoms with Gasteiger partial charge in [0.25, 0.3) is 0 Å². The van der Waals surface area contributed by atoms with Crippen molar-refractivity contribution in [1.29, 1.82) is 0 Å². The maximum atomic E-state index is 8.85. The summed E-state index contributed by atoms with van der Waals surface area (Å²) in [5.41, 5.74) is 1.45. The number of aromatic nitrogens is 1. The molecule has 2 aromatic rings. The minimum Gasteiger partial charge on any atom is -0.464 e. The second-order valence-electron chi connectivity index (χ2n) is 2.30. The quantitative estimate of drug-likeness (QED) is 0.665. The Kier molecular flexibility index (Phi) is 1.36. The van der Waals surface area contributed by atoms with Crippen LogP contribution >= 0.6 is 0 Å². The van der Waals surface area contributed by atoms with Gasteiger partial charge in [-0.15, -0.1) is 0 Å². The molecule has 2 aromatic heterocycles. The van der Waals surface area contributed by atoms with E-state index in [9.17, 15) is 0 Å². The van der Waals surface area contributed by atoms with Gasteiger partial charge in [0.2, 0.25) is 0 Å². The van der Waals surface area contributed by atoms with Crippen molar-refractivity contribution in [3.63, 3.8) is 0 Å². The van der Waals surface area contributed by atoms with Crippen LogP contribution in [0.1, 0.15) is 5.56 Å². The first-order chi connectivity index (χ1) is 5.42. The molecule has 0 spiro atoms. The van der Waals surface area contributed by atoms with Gasteiger partial charge in [-0.25, -0.2) is 0 Å². The first-order valence-electron chi connectivity index (χ1n) is 3.33. The Labute approximate surface area is 63.3 Å². The van der Waals surface area contributed by atoms with Gasteiger partial charge in [-0.05, 0) is 6.07 Å². The molecular weight excluding hydrogens is 142 g/mol. The third-order valence-electron chi connectivity index (χ3n) is 1.60. The Morgan fingerprint density at radius 3 is 3.18 bits per heavy atom. The zero-order valence-corrected chi connectivity index (χ0v) is 5.82. The van der Waals surface area contributed by atoms with Crippen LogP contribution in [0.15, 0.2) is 29.1 Å². The summed E-state index contributed by atoms with van der Waals surface area (Å²) in [6, 6.07) is 1.82. The molecule has 0 unspecified atom stereocenters. The van der Waals surface area contributed by atoms with Crippen molar-refractivity contribution in [1.82, 2.24) is 4.98 Å². The fourth-order valence-corrected chi connectivity index (χ4v) is 1.06. The fraction of sp³-hybridized carbons (Fsp3) is 0.125. The SMILES string of the molecule is OCc1cncc2ccoc12. The van der Waals surface area contributed by atoms with Gasteiger partial charge in [0, 0.05) is 23.3 Å². The third-order valence-corrected chi connectivity index (χ3v) is 1.60. The van der Waals surface area contributed by atoms with Crippen LogP contribution in [0.25, 0.3) is 11.0 Å². The van der Waals surface area contributed by atoms with Gasteiger partial charge in [0.15, 0.2) is 0 Å². The summed E-state index contributed by atoms with van der Waals surface area (Å²) in [5, 5.41) is 9.78. The van der Waals surface area contributed by atoms with Gasteiger partial charge < -0.3 is 9.52 Å². The topological polar surface area (TPSA) is 46.3 Å². The largest absolute Gasteiger partial charge is 0.464 e. The smallest absolute Gasteiger partial charge is 0.142 e. The van der Waals surface area contributed by atoms with Crippen molar-refractivity contribution in [3.8, 4) is 0 Å². The van der Waals surface area contributed by atoms with Crippen molar-refractivity contribution in [2.45, 2.75) is 6.61 Å². The van der Waals surface area contributed by atoms with Crippen LogP contribution in [0.2, 0.25) is 0 Å². The molecule has 0 bridgehead atoms. The number of hydrogen-bond donors (Lipinski definition) is 1. The monoisotopic (exact) mass is 149 g/mol. The highest BCUT2D eigenvalue weighted by Crippen LogP contribution is 2.17. The lowest BCUT2D eigenvalue weighted by molar-refractivity contribution is 0.281. The molecule has 0 saturated carbocycles. The minimum absolute atomic E-state index is 0.0299. The minimum atomic E-state index is -0.0299. The molecule has 0 aliphatic rings. The van der Waals surface area contributed by atoms with E-state index < -0.39 is 0 Å². The summed E-state index contributed by atoms with van der Waals surface area (Å²) in [4.78, 5) is 3.94. The fourth-order valence-electron chi connectivity index (χ4n) is 1.06. The van der Waals surface area contributed by atoms with Crippen molar-refractivity contribution in [2.75, 3.05) is 0 Å². The molecule has 0 saturated heterocycles. The first kappa shape index (κ1) is 6.37. The van der Waals surface area contributed by atoms with E-state index in [1.165, 1.54) is 0 Å². The summed E-state index contributed by atoms with van der Waals surface area (Å²) < 4.78 is 5.14. The molecule has 0 aliphatic carbocycles.